The third-order valence-corrected chi connectivity index (χ3v) is 8.06. The van der Waals surface area contributed by atoms with Gasteiger partial charge in [-0.05, 0) is 48.9 Å². The topological polar surface area (TPSA) is 98.8 Å². The first kappa shape index (κ1) is 23.8. The lowest BCUT2D eigenvalue weighted by Gasteiger charge is -2.39. The van der Waals surface area contributed by atoms with E-state index >= 15 is 0 Å². The van der Waals surface area contributed by atoms with E-state index in [0.717, 1.165) is 0 Å². The minimum Gasteiger partial charge on any atom is -0.341 e. The Bertz CT molecular complexity index is 906. The smallest absolute Gasteiger partial charge is 0.319 e. The zero-order valence-electron chi connectivity index (χ0n) is 18.2. The normalized spacial score (nSPS) is 21.0. The van der Waals surface area contributed by atoms with Gasteiger partial charge in [0.05, 0.1) is 5.75 Å². The Morgan fingerprint density at radius 1 is 1.10 bits per heavy atom. The van der Waals surface area contributed by atoms with Gasteiger partial charge in [-0.2, -0.15) is 4.31 Å². The SMILES string of the molecule is CC(C)(C)[C@@H](NC(=O)Nc1ccc(Cl)cc1)C(=O)N1CCC(N2CCCS2(=O)=O)CC1. The molecule has 0 aromatic heterocycles. The van der Waals surface area contributed by atoms with E-state index in [1.54, 1.807) is 33.5 Å². The third kappa shape index (κ3) is 5.90. The number of nitrogens with one attached hydrogen (secondary N) is 2. The summed E-state index contributed by atoms with van der Waals surface area (Å²) < 4.78 is 26.0. The van der Waals surface area contributed by atoms with Gasteiger partial charge in [0.25, 0.3) is 0 Å². The summed E-state index contributed by atoms with van der Waals surface area (Å²) in [5, 5.41) is 6.11. The molecule has 0 bridgehead atoms. The standard InChI is InChI=1S/C21H31ClN4O4S/c1-21(2,3)18(24-20(28)23-16-7-5-15(22)6-8-16)19(27)25-12-9-17(10-13-25)26-11-4-14-31(26,29)30/h5-8,17-18H,4,9-14H2,1-3H3,(H2,23,24,28)/t18-/m0/s1. The number of carbonyl (C=O) groups excluding carboxylic acids is 2. The van der Waals surface area contributed by atoms with E-state index in [2.05, 4.69) is 10.6 Å². The van der Waals surface area contributed by atoms with Gasteiger partial charge in [0, 0.05) is 36.4 Å². The second-order valence-corrected chi connectivity index (χ2v) is 11.7. The fraction of sp³-hybridized carbons (Fsp3) is 0.619. The first-order chi connectivity index (χ1) is 14.5. The minimum absolute atomic E-state index is 0.0502. The molecule has 3 rings (SSSR count). The van der Waals surface area contributed by atoms with Gasteiger partial charge in [0.2, 0.25) is 15.9 Å². The van der Waals surface area contributed by atoms with Crippen LogP contribution in [-0.2, 0) is 14.8 Å². The Balaban J connectivity index is 1.61. The number of benzene rings is 1. The zero-order valence-corrected chi connectivity index (χ0v) is 19.8. The lowest BCUT2D eigenvalue weighted by molar-refractivity contribution is -0.137. The van der Waals surface area contributed by atoms with E-state index in [4.69, 9.17) is 11.6 Å². The maximum atomic E-state index is 13.3. The Morgan fingerprint density at radius 3 is 2.23 bits per heavy atom. The van der Waals surface area contributed by atoms with Crippen LogP contribution in [-0.4, -0.2) is 67.0 Å². The highest BCUT2D eigenvalue weighted by Crippen LogP contribution is 2.27. The fourth-order valence-electron chi connectivity index (χ4n) is 4.11. The Kier molecular flexibility index (Phi) is 7.18. The monoisotopic (exact) mass is 470 g/mol. The van der Waals surface area contributed by atoms with Crippen LogP contribution in [0.4, 0.5) is 10.5 Å². The average molecular weight is 471 g/mol. The second kappa shape index (κ2) is 9.34. The molecule has 0 saturated carbocycles. The van der Waals surface area contributed by atoms with Crippen molar-refractivity contribution in [2.75, 3.05) is 30.7 Å². The lowest BCUT2D eigenvalue weighted by Crippen LogP contribution is -2.57. The zero-order chi connectivity index (χ0) is 22.8. The van der Waals surface area contributed by atoms with Crippen LogP contribution in [0.15, 0.2) is 24.3 Å². The summed E-state index contributed by atoms with van der Waals surface area (Å²) in [4.78, 5) is 27.5. The van der Waals surface area contributed by atoms with Crippen molar-refractivity contribution in [1.29, 1.82) is 0 Å². The molecular weight excluding hydrogens is 440 g/mol. The number of sulfonamides is 1. The number of carbonyl (C=O) groups is 2. The van der Waals surface area contributed by atoms with Gasteiger partial charge >= 0.3 is 6.03 Å². The highest BCUT2D eigenvalue weighted by molar-refractivity contribution is 7.89. The number of rotatable bonds is 4. The van der Waals surface area contributed by atoms with Gasteiger partial charge in [-0.15, -0.1) is 0 Å². The van der Waals surface area contributed by atoms with Crippen LogP contribution in [0, 0.1) is 5.41 Å². The van der Waals surface area contributed by atoms with Gasteiger partial charge in [0.15, 0.2) is 0 Å². The molecule has 2 saturated heterocycles. The molecule has 1 aromatic carbocycles. The summed E-state index contributed by atoms with van der Waals surface area (Å²) in [5.41, 5.74) is 0.0819. The van der Waals surface area contributed by atoms with Crippen LogP contribution in [0.2, 0.25) is 5.02 Å². The molecule has 0 spiro atoms. The minimum atomic E-state index is -3.16. The van der Waals surface area contributed by atoms with Gasteiger partial charge in [-0.1, -0.05) is 32.4 Å². The molecule has 2 aliphatic heterocycles. The van der Waals surface area contributed by atoms with Crippen molar-refractivity contribution < 1.29 is 18.0 Å². The summed E-state index contributed by atoms with van der Waals surface area (Å²) in [7, 11) is -3.16. The van der Waals surface area contributed by atoms with E-state index in [1.165, 1.54) is 0 Å². The van der Waals surface area contributed by atoms with Crippen LogP contribution in [0.5, 0.6) is 0 Å². The predicted octanol–water partition coefficient (Wildman–Crippen LogP) is 2.90. The predicted molar refractivity (Wildman–Crippen MR) is 122 cm³/mol. The van der Waals surface area contributed by atoms with E-state index in [9.17, 15) is 18.0 Å². The van der Waals surface area contributed by atoms with Crippen molar-refractivity contribution >= 4 is 39.2 Å². The maximum Gasteiger partial charge on any atom is 0.319 e. The Hall–Kier alpha value is -1.84. The lowest BCUT2D eigenvalue weighted by atomic mass is 9.85. The molecule has 2 heterocycles. The van der Waals surface area contributed by atoms with Crippen LogP contribution >= 0.6 is 11.6 Å². The molecule has 10 heteroatoms. The highest BCUT2D eigenvalue weighted by Gasteiger charge is 2.40. The summed E-state index contributed by atoms with van der Waals surface area (Å²) in [6.45, 7) is 7.23. The number of piperidine rings is 1. The van der Waals surface area contributed by atoms with Gasteiger partial charge in [0.1, 0.15) is 6.04 Å². The number of nitrogens with zero attached hydrogens (tertiary/aromatic N) is 2. The number of anilines is 1. The molecule has 8 nitrogen and oxygen atoms in total. The molecule has 1 aromatic rings. The van der Waals surface area contributed by atoms with E-state index in [-0.39, 0.29) is 17.7 Å². The number of amides is 3. The van der Waals surface area contributed by atoms with Gasteiger partial charge in [-0.25, -0.2) is 13.2 Å². The molecule has 2 fully saturated rings. The highest BCUT2D eigenvalue weighted by atomic mass is 35.5. The quantitative estimate of drug-likeness (QED) is 0.706. The number of hydrogen-bond acceptors (Lipinski definition) is 4. The molecule has 172 valence electrons. The molecular formula is C21H31ClN4O4S. The van der Waals surface area contributed by atoms with Gasteiger partial charge < -0.3 is 15.5 Å². The van der Waals surface area contributed by atoms with Crippen LogP contribution in [0.1, 0.15) is 40.0 Å². The van der Waals surface area contributed by atoms with E-state index < -0.39 is 27.5 Å². The Labute approximate surface area is 189 Å². The fourth-order valence-corrected chi connectivity index (χ4v) is 6.03. The number of likely N-dealkylation sites (tertiary alicyclic amines) is 1. The Morgan fingerprint density at radius 2 is 1.71 bits per heavy atom. The molecule has 2 aliphatic rings. The average Bonchev–Trinajstić information content (AvgIpc) is 3.06. The van der Waals surface area contributed by atoms with E-state index in [1.807, 2.05) is 20.8 Å². The third-order valence-electron chi connectivity index (χ3n) is 5.81. The summed E-state index contributed by atoms with van der Waals surface area (Å²) in [5.74, 6) is 0.0618. The molecule has 0 radical (unpaired) electrons. The van der Waals surface area contributed by atoms with Crippen LogP contribution in [0.3, 0.4) is 0 Å². The molecule has 2 N–H and O–H groups in total. The van der Waals surface area contributed by atoms with Crippen LogP contribution in [0.25, 0.3) is 0 Å². The molecule has 1 atom stereocenters. The van der Waals surface area contributed by atoms with Crippen molar-refractivity contribution in [3.63, 3.8) is 0 Å². The van der Waals surface area contributed by atoms with Gasteiger partial charge in [-0.3, -0.25) is 4.79 Å². The van der Waals surface area contributed by atoms with E-state index in [0.29, 0.717) is 49.6 Å². The first-order valence-electron chi connectivity index (χ1n) is 10.6. The molecule has 0 unspecified atom stereocenters. The summed E-state index contributed by atoms with van der Waals surface area (Å²) in [6.07, 6.45) is 1.89. The van der Waals surface area contributed by atoms with Crippen molar-refractivity contribution in [3.05, 3.63) is 29.3 Å². The molecule has 0 aliphatic carbocycles. The molecule has 3 amide bonds. The van der Waals surface area contributed by atoms with Crippen molar-refractivity contribution in [2.24, 2.45) is 5.41 Å². The van der Waals surface area contributed by atoms with Crippen molar-refractivity contribution in [1.82, 2.24) is 14.5 Å². The largest absolute Gasteiger partial charge is 0.341 e. The van der Waals surface area contributed by atoms with Crippen molar-refractivity contribution in [2.45, 2.75) is 52.1 Å². The summed E-state index contributed by atoms with van der Waals surface area (Å²) >= 11 is 5.87. The van der Waals surface area contributed by atoms with Crippen LogP contribution < -0.4 is 10.6 Å². The summed E-state index contributed by atoms with van der Waals surface area (Å²) in [6, 6.07) is 5.49. The first-order valence-corrected chi connectivity index (χ1v) is 12.6. The maximum absolute atomic E-state index is 13.3. The number of halogens is 1. The van der Waals surface area contributed by atoms with Crippen molar-refractivity contribution in [3.8, 4) is 0 Å². The number of hydrogen-bond donors (Lipinski definition) is 2. The number of urea groups is 1. The second-order valence-electron chi connectivity index (χ2n) is 9.24. The molecule has 31 heavy (non-hydrogen) atoms.